The average Bonchev–Trinajstić information content (AvgIpc) is 3.15. The molecule has 7 nitrogen and oxygen atoms in total. The molecule has 0 aliphatic heterocycles. The number of aromatic amines is 1. The molecule has 1 amide bonds. The van der Waals surface area contributed by atoms with Crippen LogP contribution in [0.1, 0.15) is 26.3 Å². The van der Waals surface area contributed by atoms with Gasteiger partial charge in [0.2, 0.25) is 11.5 Å². The highest BCUT2D eigenvalue weighted by atomic mass is 35.5. The third-order valence-corrected chi connectivity index (χ3v) is 4.57. The molecule has 1 aromatic heterocycles. The Morgan fingerprint density at radius 2 is 1.70 bits per heavy atom. The number of halogens is 2. The predicted octanol–water partition coefficient (Wildman–Crippen LogP) is 5.72. The summed E-state index contributed by atoms with van der Waals surface area (Å²) in [6, 6.07) is 13.2. The van der Waals surface area contributed by atoms with E-state index in [1.807, 2.05) is 13.8 Å². The third-order valence-electron chi connectivity index (χ3n) is 4.13. The van der Waals surface area contributed by atoms with E-state index in [-0.39, 0.29) is 5.95 Å². The minimum absolute atomic E-state index is 0.192. The van der Waals surface area contributed by atoms with E-state index in [0.29, 0.717) is 27.2 Å². The van der Waals surface area contributed by atoms with Crippen LogP contribution in [0.5, 0.6) is 5.75 Å². The lowest BCUT2D eigenvalue weighted by Gasteiger charge is -2.29. The summed E-state index contributed by atoms with van der Waals surface area (Å²) in [5, 5.41) is 3.50. The smallest absolute Gasteiger partial charge is 0.275 e. The molecule has 0 aliphatic carbocycles. The van der Waals surface area contributed by atoms with Gasteiger partial charge in [-0.05, 0) is 43.3 Å². The van der Waals surface area contributed by atoms with E-state index in [4.69, 9.17) is 27.9 Å². The number of nitrogens with zero attached hydrogens (tertiary/aromatic N) is 2. The Kier molecular flexibility index (Phi) is 7.97. The Balaban J connectivity index is 0.00000155. The second-order valence-electron chi connectivity index (χ2n) is 6.17. The fraction of sp³-hybridized carbons (Fsp3) is 0.238. The number of nitrogens with one attached hydrogen (secondary N) is 2. The Bertz CT molecular complexity index is 1000. The lowest BCUT2D eigenvalue weighted by atomic mass is 9.94. The van der Waals surface area contributed by atoms with Gasteiger partial charge in [-0.25, -0.2) is 4.98 Å². The zero-order valence-corrected chi connectivity index (χ0v) is 18.6. The summed E-state index contributed by atoms with van der Waals surface area (Å²) < 4.78 is 6.78. The Morgan fingerprint density at radius 3 is 2.20 bits per heavy atom. The van der Waals surface area contributed by atoms with Crippen LogP contribution in [0.3, 0.4) is 0 Å². The number of carbonyl (C=O) groups is 1. The van der Waals surface area contributed by atoms with Gasteiger partial charge in [-0.1, -0.05) is 37.0 Å². The van der Waals surface area contributed by atoms with Crippen molar-refractivity contribution in [1.82, 2.24) is 9.97 Å². The molecule has 3 aromatic rings. The van der Waals surface area contributed by atoms with Gasteiger partial charge in [-0.15, -0.1) is 0 Å². The number of hydrogen-bond acceptors (Lipinski definition) is 4. The standard InChI is InChI=1S/C19H16Cl2N4O3.C2H6/c1-19(28-15-9-5-13(20)6-10-15,12-3-7-14(8-4-12)25(2)27)17(26)24-18-22-11-16(21)23-18;1-2/h3-11H,1-2H3,(H-,22,23,24,26);1-2H3/p+1. The maximum absolute atomic E-state index is 13.1. The molecule has 1 heterocycles. The molecule has 158 valence electrons. The number of rotatable bonds is 6. The van der Waals surface area contributed by atoms with E-state index in [0.717, 1.165) is 4.76 Å². The molecule has 3 rings (SSSR count). The molecular weight excluding hydrogens is 427 g/mol. The molecule has 0 radical (unpaired) electrons. The average molecular weight is 450 g/mol. The van der Waals surface area contributed by atoms with Gasteiger partial charge in [-0.3, -0.25) is 10.1 Å². The van der Waals surface area contributed by atoms with Gasteiger partial charge >= 0.3 is 0 Å². The summed E-state index contributed by atoms with van der Waals surface area (Å²) in [5.74, 6) is 0.165. The summed E-state index contributed by atoms with van der Waals surface area (Å²) >= 11 is 11.7. The number of amides is 1. The minimum atomic E-state index is -1.42. The number of aromatic nitrogens is 2. The zero-order valence-electron chi connectivity index (χ0n) is 17.1. The molecule has 9 heteroatoms. The normalized spacial score (nSPS) is 12.2. The molecule has 0 saturated carbocycles. The number of H-pyrrole nitrogens is 1. The summed E-state index contributed by atoms with van der Waals surface area (Å²) in [5.41, 5.74) is -0.424. The maximum atomic E-state index is 13.1. The highest BCUT2D eigenvalue weighted by Gasteiger charge is 2.39. The Labute approximate surface area is 185 Å². The predicted molar refractivity (Wildman–Crippen MR) is 119 cm³/mol. The van der Waals surface area contributed by atoms with Gasteiger partial charge in [0.05, 0.1) is 6.20 Å². The summed E-state index contributed by atoms with van der Waals surface area (Å²) in [7, 11) is 1.39. The maximum Gasteiger partial charge on any atom is 0.275 e. The van der Waals surface area contributed by atoms with Gasteiger partial charge in [0.1, 0.15) is 10.9 Å². The van der Waals surface area contributed by atoms with Crippen LogP contribution in [0.2, 0.25) is 10.2 Å². The number of hydrogen-bond donors (Lipinski definition) is 2. The quantitative estimate of drug-likeness (QED) is 0.471. The summed E-state index contributed by atoms with van der Waals surface area (Å²) in [4.78, 5) is 31.3. The van der Waals surface area contributed by atoms with Gasteiger partial charge in [0, 0.05) is 32.4 Å². The molecule has 0 bridgehead atoms. The molecule has 0 fully saturated rings. The number of carbonyl (C=O) groups excluding carboxylic acids is 1. The van der Waals surface area contributed by atoms with Crippen molar-refractivity contribution >= 4 is 40.7 Å². The van der Waals surface area contributed by atoms with Crippen LogP contribution in [-0.2, 0) is 10.4 Å². The van der Waals surface area contributed by atoms with Crippen LogP contribution in [-0.4, -0.2) is 27.7 Å². The van der Waals surface area contributed by atoms with Crippen LogP contribution in [0.25, 0.3) is 0 Å². The second-order valence-corrected chi connectivity index (χ2v) is 7.01. The lowest BCUT2D eigenvalue weighted by molar-refractivity contribution is -0.428. The van der Waals surface area contributed by atoms with Crippen molar-refractivity contribution in [3.8, 4) is 5.75 Å². The Hall–Kier alpha value is -2.90. The van der Waals surface area contributed by atoms with Gasteiger partial charge in [0.15, 0.2) is 7.05 Å². The monoisotopic (exact) mass is 449 g/mol. The minimum Gasteiger partial charge on any atom is -0.473 e. The van der Waals surface area contributed by atoms with Crippen LogP contribution >= 0.6 is 23.2 Å². The van der Waals surface area contributed by atoms with E-state index in [9.17, 15) is 9.70 Å². The summed E-state index contributed by atoms with van der Waals surface area (Å²) in [6.45, 7) is 5.62. The van der Waals surface area contributed by atoms with E-state index >= 15 is 0 Å². The topological polar surface area (TPSA) is 87.1 Å². The highest BCUT2D eigenvalue weighted by Crippen LogP contribution is 2.31. The molecule has 2 N–H and O–H groups in total. The molecule has 1 unspecified atom stereocenters. The fourth-order valence-electron chi connectivity index (χ4n) is 2.55. The van der Waals surface area contributed by atoms with Crippen molar-refractivity contribution in [2.24, 2.45) is 0 Å². The number of ether oxygens (including phenoxy) is 1. The molecule has 0 saturated heterocycles. The van der Waals surface area contributed by atoms with Gasteiger partial charge in [-0.2, -0.15) is 0 Å². The third kappa shape index (κ3) is 5.58. The van der Waals surface area contributed by atoms with Crippen molar-refractivity contribution < 1.29 is 14.3 Å². The van der Waals surface area contributed by atoms with E-state index in [1.165, 1.54) is 13.2 Å². The lowest BCUT2D eigenvalue weighted by Crippen LogP contribution is -2.43. The molecule has 0 spiro atoms. The number of nitroso groups, excluding NO2 is 1. The number of anilines is 1. The first-order valence-corrected chi connectivity index (χ1v) is 10.0. The highest BCUT2D eigenvalue weighted by molar-refractivity contribution is 6.30. The number of imidazole rings is 1. The van der Waals surface area contributed by atoms with Crippen LogP contribution in [0, 0.1) is 4.91 Å². The second kappa shape index (κ2) is 10.2. The molecular formula is C21H23Cl2N4O3+. The SMILES string of the molecule is CC.C[N+](=O)c1ccc(C(C)(Oc2ccc(Cl)cc2)C(=O)Nc2ncc(Cl)[nH]2)cc1. The Morgan fingerprint density at radius 1 is 1.10 bits per heavy atom. The molecule has 1 atom stereocenters. The van der Waals surface area contributed by atoms with Crippen molar-refractivity contribution in [2.75, 3.05) is 12.4 Å². The van der Waals surface area contributed by atoms with Crippen LogP contribution in [0.4, 0.5) is 11.6 Å². The summed E-state index contributed by atoms with van der Waals surface area (Å²) in [6.07, 6.45) is 1.38. The number of benzene rings is 2. The fourth-order valence-corrected chi connectivity index (χ4v) is 2.82. The van der Waals surface area contributed by atoms with E-state index in [2.05, 4.69) is 15.3 Å². The molecule has 2 aromatic carbocycles. The molecule has 30 heavy (non-hydrogen) atoms. The van der Waals surface area contributed by atoms with Crippen molar-refractivity contribution in [3.05, 3.63) is 75.4 Å². The van der Waals surface area contributed by atoms with Crippen LogP contribution < -0.4 is 10.1 Å². The van der Waals surface area contributed by atoms with Crippen molar-refractivity contribution in [2.45, 2.75) is 26.4 Å². The zero-order chi connectivity index (χ0) is 22.3. The van der Waals surface area contributed by atoms with Crippen molar-refractivity contribution in [3.63, 3.8) is 0 Å². The first-order valence-electron chi connectivity index (χ1n) is 9.26. The van der Waals surface area contributed by atoms with Crippen LogP contribution in [0.15, 0.2) is 54.7 Å². The van der Waals surface area contributed by atoms with Gasteiger partial charge < -0.3 is 9.72 Å². The van der Waals surface area contributed by atoms with E-state index < -0.39 is 11.5 Å². The van der Waals surface area contributed by atoms with Crippen molar-refractivity contribution in [1.29, 1.82) is 0 Å². The first kappa shape index (κ1) is 23.4. The van der Waals surface area contributed by atoms with Gasteiger partial charge in [0.25, 0.3) is 11.6 Å². The largest absolute Gasteiger partial charge is 0.473 e. The first-order chi connectivity index (χ1) is 14.3. The van der Waals surface area contributed by atoms with E-state index in [1.54, 1.807) is 55.5 Å². The molecule has 0 aliphatic rings.